The van der Waals surface area contributed by atoms with Gasteiger partial charge in [-0.15, -0.1) is 0 Å². The van der Waals surface area contributed by atoms with Crippen molar-refractivity contribution in [2.24, 2.45) is 5.73 Å². The van der Waals surface area contributed by atoms with Gasteiger partial charge in [-0.1, -0.05) is 32.9 Å². The first-order valence-corrected chi connectivity index (χ1v) is 8.83. The minimum Gasteiger partial charge on any atom is -0.440 e. The van der Waals surface area contributed by atoms with Crippen LogP contribution in [0.2, 0.25) is 0 Å². The summed E-state index contributed by atoms with van der Waals surface area (Å²) in [6, 6.07) is 7.42. The number of fused-ring (bicyclic) bond motifs is 1. The normalized spacial score (nSPS) is 13.2. The lowest BCUT2D eigenvalue weighted by molar-refractivity contribution is -0.134. The quantitative estimate of drug-likeness (QED) is 0.740. The van der Waals surface area contributed by atoms with E-state index in [-0.39, 0.29) is 23.8 Å². The molecule has 0 saturated carbocycles. The molecule has 0 fully saturated rings. The Balaban J connectivity index is 1.66. The highest BCUT2D eigenvalue weighted by atomic mass is 16.5. The van der Waals surface area contributed by atoms with Gasteiger partial charge in [0.25, 0.3) is 11.8 Å². The van der Waals surface area contributed by atoms with E-state index in [1.807, 2.05) is 12.1 Å². The van der Waals surface area contributed by atoms with Crippen molar-refractivity contribution < 1.29 is 19.1 Å². The van der Waals surface area contributed by atoms with E-state index in [2.05, 4.69) is 41.0 Å². The van der Waals surface area contributed by atoms with Crippen LogP contribution in [-0.2, 0) is 28.0 Å². The van der Waals surface area contributed by atoms with E-state index in [9.17, 15) is 14.4 Å². The minimum atomic E-state index is -1.00. The number of hydrogen-bond donors (Lipinski definition) is 3. The standard InChI is InChI=1S/C19H23N5O4/c1-19(2,3)12-6-4-11(5-7-12)17(26)21-16-13-8-24(9-14(13)22-23-16)15(25)10-28-18(20)27/h4-7H,8-10H2,1-3H3,(H2,20,27)(H2,21,22,23,26). The fraction of sp³-hybridized carbons (Fsp3) is 0.368. The molecule has 1 aliphatic heterocycles. The number of hydrogen-bond acceptors (Lipinski definition) is 5. The number of H-pyrrole nitrogens is 1. The highest BCUT2D eigenvalue weighted by molar-refractivity contribution is 6.04. The topological polar surface area (TPSA) is 130 Å². The van der Waals surface area contributed by atoms with E-state index in [1.54, 1.807) is 12.1 Å². The Kier molecular flexibility index (Phi) is 5.08. The fourth-order valence-electron chi connectivity index (χ4n) is 2.95. The SMILES string of the molecule is CC(C)(C)c1ccc(C(=O)Nc2n[nH]c3c2CN(C(=O)COC(N)=O)C3)cc1. The number of carbonyl (C=O) groups excluding carboxylic acids is 3. The van der Waals surface area contributed by atoms with Crippen LogP contribution >= 0.6 is 0 Å². The van der Waals surface area contributed by atoms with Gasteiger partial charge in [0.1, 0.15) is 0 Å². The first-order chi connectivity index (χ1) is 13.1. The molecule has 3 amide bonds. The maximum atomic E-state index is 12.5. The van der Waals surface area contributed by atoms with Crippen molar-refractivity contribution in [2.45, 2.75) is 39.3 Å². The van der Waals surface area contributed by atoms with E-state index >= 15 is 0 Å². The van der Waals surface area contributed by atoms with Crippen LogP contribution in [0, 0.1) is 0 Å². The van der Waals surface area contributed by atoms with Crippen molar-refractivity contribution >= 4 is 23.7 Å². The molecule has 9 heteroatoms. The number of nitrogens with zero attached hydrogens (tertiary/aromatic N) is 2. The number of amides is 3. The molecule has 0 aliphatic carbocycles. The average molecular weight is 385 g/mol. The van der Waals surface area contributed by atoms with Crippen molar-refractivity contribution in [3.05, 3.63) is 46.6 Å². The molecular weight excluding hydrogens is 362 g/mol. The number of ether oxygens (including phenoxy) is 1. The van der Waals surface area contributed by atoms with Gasteiger partial charge in [0.2, 0.25) is 0 Å². The molecule has 0 saturated heterocycles. The number of aromatic nitrogens is 2. The van der Waals surface area contributed by atoms with E-state index in [0.717, 1.165) is 16.8 Å². The predicted octanol–water partition coefficient (Wildman–Crippen LogP) is 1.90. The summed E-state index contributed by atoms with van der Waals surface area (Å²) in [4.78, 5) is 36.7. The zero-order valence-corrected chi connectivity index (χ0v) is 16.0. The predicted molar refractivity (Wildman–Crippen MR) is 101 cm³/mol. The van der Waals surface area contributed by atoms with Gasteiger partial charge in [-0.3, -0.25) is 14.7 Å². The highest BCUT2D eigenvalue weighted by Crippen LogP contribution is 2.28. The van der Waals surface area contributed by atoms with Crippen molar-refractivity contribution in [3.63, 3.8) is 0 Å². The summed E-state index contributed by atoms with van der Waals surface area (Å²) >= 11 is 0. The van der Waals surface area contributed by atoms with Gasteiger partial charge in [0.15, 0.2) is 12.4 Å². The summed E-state index contributed by atoms with van der Waals surface area (Å²) < 4.78 is 4.53. The van der Waals surface area contributed by atoms with Crippen LogP contribution in [0.25, 0.3) is 0 Å². The van der Waals surface area contributed by atoms with E-state index in [4.69, 9.17) is 5.73 Å². The first kappa shape index (κ1) is 19.4. The summed E-state index contributed by atoms with van der Waals surface area (Å²) in [6.07, 6.45) is -1.00. The molecule has 0 radical (unpaired) electrons. The third kappa shape index (κ3) is 4.13. The van der Waals surface area contributed by atoms with E-state index in [1.165, 1.54) is 4.90 Å². The zero-order chi connectivity index (χ0) is 20.5. The Morgan fingerprint density at radius 1 is 1.21 bits per heavy atom. The molecule has 1 aromatic heterocycles. The number of anilines is 1. The number of aromatic amines is 1. The monoisotopic (exact) mass is 385 g/mol. The second kappa shape index (κ2) is 7.34. The second-order valence-corrected chi connectivity index (χ2v) is 7.67. The van der Waals surface area contributed by atoms with Gasteiger partial charge in [-0.05, 0) is 23.1 Å². The third-order valence-electron chi connectivity index (χ3n) is 4.59. The third-order valence-corrected chi connectivity index (χ3v) is 4.59. The molecule has 1 aromatic carbocycles. The van der Waals surface area contributed by atoms with Gasteiger partial charge in [0.05, 0.1) is 18.8 Å². The Labute approximate surface area is 162 Å². The average Bonchev–Trinajstić information content (AvgIpc) is 3.21. The molecule has 0 spiro atoms. The summed E-state index contributed by atoms with van der Waals surface area (Å²) in [5, 5.41) is 9.74. The van der Waals surface area contributed by atoms with Crippen molar-refractivity contribution in [1.82, 2.24) is 15.1 Å². The van der Waals surface area contributed by atoms with Gasteiger partial charge in [-0.25, -0.2) is 4.79 Å². The first-order valence-electron chi connectivity index (χ1n) is 8.83. The lowest BCUT2D eigenvalue weighted by atomic mass is 9.87. The summed E-state index contributed by atoms with van der Waals surface area (Å²) in [7, 11) is 0. The number of nitrogens with two attached hydrogens (primary N) is 1. The van der Waals surface area contributed by atoms with Crippen LogP contribution in [0.5, 0.6) is 0 Å². The Hall–Kier alpha value is -3.36. The molecule has 0 bridgehead atoms. The molecule has 0 unspecified atom stereocenters. The lowest BCUT2D eigenvalue weighted by Crippen LogP contribution is -2.31. The van der Waals surface area contributed by atoms with Gasteiger partial charge in [0, 0.05) is 11.1 Å². The zero-order valence-electron chi connectivity index (χ0n) is 16.0. The highest BCUT2D eigenvalue weighted by Gasteiger charge is 2.29. The van der Waals surface area contributed by atoms with Crippen LogP contribution in [0.15, 0.2) is 24.3 Å². The van der Waals surface area contributed by atoms with Gasteiger partial charge in [-0.2, -0.15) is 5.10 Å². The molecule has 2 aromatic rings. The molecular formula is C19H23N5O4. The maximum Gasteiger partial charge on any atom is 0.405 e. The number of rotatable bonds is 4. The number of carbonyl (C=O) groups is 3. The van der Waals surface area contributed by atoms with Crippen LogP contribution < -0.4 is 11.1 Å². The van der Waals surface area contributed by atoms with Crippen LogP contribution in [-0.4, -0.2) is 39.6 Å². The van der Waals surface area contributed by atoms with Crippen LogP contribution in [0.3, 0.4) is 0 Å². The molecule has 3 rings (SSSR count). The molecule has 0 atom stereocenters. The Morgan fingerprint density at radius 3 is 2.50 bits per heavy atom. The van der Waals surface area contributed by atoms with Crippen molar-refractivity contribution in [2.75, 3.05) is 11.9 Å². The summed E-state index contributed by atoms with van der Waals surface area (Å²) in [6.45, 7) is 6.45. The summed E-state index contributed by atoms with van der Waals surface area (Å²) in [5.41, 5.74) is 7.99. The molecule has 28 heavy (non-hydrogen) atoms. The molecule has 1 aliphatic rings. The van der Waals surface area contributed by atoms with E-state index < -0.39 is 12.7 Å². The molecule has 148 valence electrons. The molecule has 4 N–H and O–H groups in total. The summed E-state index contributed by atoms with van der Waals surface area (Å²) in [5.74, 6) is -0.277. The number of nitrogens with one attached hydrogen (secondary N) is 2. The van der Waals surface area contributed by atoms with Gasteiger partial charge < -0.3 is 20.7 Å². The molecule has 2 heterocycles. The number of primary amides is 1. The van der Waals surface area contributed by atoms with Crippen molar-refractivity contribution in [3.8, 4) is 0 Å². The van der Waals surface area contributed by atoms with E-state index in [0.29, 0.717) is 17.9 Å². The smallest absolute Gasteiger partial charge is 0.405 e. The van der Waals surface area contributed by atoms with Gasteiger partial charge >= 0.3 is 6.09 Å². The van der Waals surface area contributed by atoms with Crippen LogP contribution in [0.1, 0.15) is 48.0 Å². The number of benzene rings is 1. The maximum absolute atomic E-state index is 12.5. The lowest BCUT2D eigenvalue weighted by Gasteiger charge is -2.19. The fourth-order valence-corrected chi connectivity index (χ4v) is 2.95. The minimum absolute atomic E-state index is 0.00620. The molecule has 9 nitrogen and oxygen atoms in total. The van der Waals surface area contributed by atoms with Crippen molar-refractivity contribution in [1.29, 1.82) is 0 Å². The Morgan fingerprint density at radius 2 is 1.89 bits per heavy atom. The Bertz CT molecular complexity index is 911. The largest absolute Gasteiger partial charge is 0.440 e. The van der Waals surface area contributed by atoms with Crippen LogP contribution in [0.4, 0.5) is 10.6 Å². The second-order valence-electron chi connectivity index (χ2n) is 7.67.